The van der Waals surface area contributed by atoms with E-state index < -0.39 is 12.0 Å². The molecule has 1 nitrogen and oxygen atoms in total. The van der Waals surface area contributed by atoms with Crippen molar-refractivity contribution in [1.29, 1.82) is 0 Å². The van der Waals surface area contributed by atoms with Crippen LogP contribution in [-0.4, -0.2) is 11.2 Å². The van der Waals surface area contributed by atoms with Crippen LogP contribution in [0.1, 0.15) is 5.56 Å². The molecular weight excluding hydrogens is 222 g/mol. The summed E-state index contributed by atoms with van der Waals surface area (Å²) in [5.74, 6) is -0.478. The Labute approximate surface area is 88.4 Å². The van der Waals surface area contributed by atoms with Gasteiger partial charge in [-0.3, -0.25) is 0 Å². The molecule has 0 spiro atoms. The van der Waals surface area contributed by atoms with E-state index in [9.17, 15) is 17.6 Å². The highest BCUT2D eigenvalue weighted by Gasteiger charge is 2.22. The first-order valence-corrected chi connectivity index (χ1v) is 4.48. The van der Waals surface area contributed by atoms with Crippen LogP contribution in [-0.2, 0) is 0 Å². The van der Waals surface area contributed by atoms with Crippen LogP contribution >= 0.6 is 0 Å². The molecule has 0 atom stereocenters. The summed E-state index contributed by atoms with van der Waals surface area (Å²) in [4.78, 5) is 2.77. The van der Waals surface area contributed by atoms with Gasteiger partial charge in [-0.2, -0.15) is 13.2 Å². The van der Waals surface area contributed by atoms with Crippen molar-refractivity contribution in [3.8, 4) is 0 Å². The summed E-state index contributed by atoms with van der Waals surface area (Å²) in [7, 11) is 0. The summed E-state index contributed by atoms with van der Waals surface area (Å²) in [6, 6.07) is 3.92. The average molecular weight is 229 g/mol. The SMILES string of the molecule is Fc1ccc2[nH]cc(C=CC(F)(F)F)c2c1. The number of aromatic amines is 1. The first-order chi connectivity index (χ1) is 7.46. The van der Waals surface area contributed by atoms with Gasteiger partial charge in [0, 0.05) is 23.2 Å². The van der Waals surface area contributed by atoms with E-state index >= 15 is 0 Å². The van der Waals surface area contributed by atoms with Crippen LogP contribution in [0.4, 0.5) is 17.6 Å². The van der Waals surface area contributed by atoms with Gasteiger partial charge in [0.2, 0.25) is 0 Å². The highest BCUT2D eigenvalue weighted by molar-refractivity contribution is 5.88. The van der Waals surface area contributed by atoms with Gasteiger partial charge < -0.3 is 4.98 Å². The fourth-order valence-electron chi connectivity index (χ4n) is 1.44. The topological polar surface area (TPSA) is 15.8 Å². The molecular formula is C11H7F4N. The lowest BCUT2D eigenvalue weighted by molar-refractivity contribution is -0.0790. The molecule has 1 N–H and O–H groups in total. The molecule has 1 aromatic carbocycles. The predicted molar refractivity (Wildman–Crippen MR) is 53.3 cm³/mol. The lowest BCUT2D eigenvalue weighted by Gasteiger charge is -1.97. The molecule has 0 saturated heterocycles. The Bertz CT molecular complexity index is 536. The molecule has 0 aliphatic heterocycles. The average Bonchev–Trinajstić information content (AvgIpc) is 2.56. The number of rotatable bonds is 1. The van der Waals surface area contributed by atoms with Crippen LogP contribution < -0.4 is 0 Å². The molecule has 0 saturated carbocycles. The maximum Gasteiger partial charge on any atom is 0.409 e. The maximum absolute atomic E-state index is 12.9. The first-order valence-electron chi connectivity index (χ1n) is 4.48. The van der Waals surface area contributed by atoms with Gasteiger partial charge in [0.05, 0.1) is 0 Å². The molecule has 1 aromatic heterocycles. The van der Waals surface area contributed by atoms with E-state index in [0.717, 1.165) is 6.08 Å². The lowest BCUT2D eigenvalue weighted by Crippen LogP contribution is -1.99. The maximum atomic E-state index is 12.9. The number of H-pyrrole nitrogens is 1. The number of nitrogens with one attached hydrogen (secondary N) is 1. The van der Waals surface area contributed by atoms with Gasteiger partial charge in [-0.05, 0) is 29.8 Å². The molecule has 0 unspecified atom stereocenters. The number of hydrogen-bond donors (Lipinski definition) is 1. The quantitative estimate of drug-likeness (QED) is 0.714. The molecule has 0 amide bonds. The zero-order valence-corrected chi connectivity index (χ0v) is 7.98. The van der Waals surface area contributed by atoms with Crippen molar-refractivity contribution < 1.29 is 17.6 Å². The van der Waals surface area contributed by atoms with Gasteiger partial charge in [-0.15, -0.1) is 0 Å². The van der Waals surface area contributed by atoms with Crippen molar-refractivity contribution in [2.45, 2.75) is 6.18 Å². The van der Waals surface area contributed by atoms with Crippen LogP contribution in [0, 0.1) is 5.82 Å². The standard InChI is InChI=1S/C11H7F4N/c12-8-1-2-10-9(5-8)7(6-16-10)3-4-11(13,14)15/h1-6,16H. The highest BCUT2D eigenvalue weighted by atomic mass is 19.4. The molecule has 0 aliphatic rings. The van der Waals surface area contributed by atoms with Crippen molar-refractivity contribution in [2.75, 3.05) is 0 Å². The third-order valence-corrected chi connectivity index (χ3v) is 2.13. The van der Waals surface area contributed by atoms with Crippen molar-refractivity contribution in [2.24, 2.45) is 0 Å². The fraction of sp³-hybridized carbons (Fsp3) is 0.0909. The Morgan fingerprint density at radius 3 is 2.62 bits per heavy atom. The third-order valence-electron chi connectivity index (χ3n) is 2.13. The minimum absolute atomic E-state index is 0.126. The number of fused-ring (bicyclic) bond motifs is 1. The number of allylic oxidation sites excluding steroid dienone is 1. The van der Waals surface area contributed by atoms with Gasteiger partial charge in [0.25, 0.3) is 0 Å². The van der Waals surface area contributed by atoms with E-state index in [1.807, 2.05) is 0 Å². The minimum Gasteiger partial charge on any atom is -0.361 e. The number of hydrogen-bond acceptors (Lipinski definition) is 0. The summed E-state index contributed by atoms with van der Waals surface area (Å²) < 4.78 is 48.8. The molecule has 0 radical (unpaired) electrons. The Kier molecular flexibility index (Phi) is 2.46. The van der Waals surface area contributed by atoms with Crippen LogP contribution in [0.15, 0.2) is 30.5 Å². The largest absolute Gasteiger partial charge is 0.409 e. The van der Waals surface area contributed by atoms with Crippen LogP contribution in [0.3, 0.4) is 0 Å². The second-order valence-electron chi connectivity index (χ2n) is 3.31. The molecule has 0 fully saturated rings. The smallest absolute Gasteiger partial charge is 0.361 e. The molecule has 84 valence electrons. The number of benzene rings is 1. The zero-order valence-electron chi connectivity index (χ0n) is 7.98. The van der Waals surface area contributed by atoms with Crippen molar-refractivity contribution in [3.05, 3.63) is 41.9 Å². The van der Waals surface area contributed by atoms with Crippen molar-refractivity contribution >= 4 is 17.0 Å². The Balaban J connectivity index is 2.46. The van der Waals surface area contributed by atoms with Crippen LogP contribution in [0.25, 0.3) is 17.0 Å². The van der Waals surface area contributed by atoms with Gasteiger partial charge >= 0.3 is 6.18 Å². The molecule has 2 rings (SSSR count). The molecule has 16 heavy (non-hydrogen) atoms. The van der Waals surface area contributed by atoms with E-state index in [1.165, 1.54) is 24.4 Å². The van der Waals surface area contributed by atoms with E-state index in [1.54, 1.807) is 0 Å². The minimum atomic E-state index is -4.36. The Morgan fingerprint density at radius 2 is 1.94 bits per heavy atom. The summed E-state index contributed by atoms with van der Waals surface area (Å²) in [5, 5.41) is 0.431. The first kappa shape index (κ1) is 10.7. The summed E-state index contributed by atoms with van der Waals surface area (Å²) in [6.45, 7) is 0. The van der Waals surface area contributed by atoms with E-state index in [4.69, 9.17) is 0 Å². The molecule has 0 bridgehead atoms. The summed E-state index contributed by atoms with van der Waals surface area (Å²) in [6.07, 6.45) is -1.91. The Morgan fingerprint density at radius 1 is 1.19 bits per heavy atom. The Hall–Kier alpha value is -1.78. The number of alkyl halides is 3. The molecule has 1 heterocycles. The number of halogens is 4. The highest BCUT2D eigenvalue weighted by Crippen LogP contribution is 2.23. The van der Waals surface area contributed by atoms with Gasteiger partial charge in [0.15, 0.2) is 0 Å². The number of aromatic nitrogens is 1. The zero-order chi connectivity index (χ0) is 11.8. The van der Waals surface area contributed by atoms with E-state index in [-0.39, 0.29) is 6.08 Å². The van der Waals surface area contributed by atoms with Crippen LogP contribution in [0.2, 0.25) is 0 Å². The summed E-state index contributed by atoms with van der Waals surface area (Å²) >= 11 is 0. The monoisotopic (exact) mass is 229 g/mol. The van der Waals surface area contributed by atoms with Crippen molar-refractivity contribution in [3.63, 3.8) is 0 Å². The second-order valence-corrected chi connectivity index (χ2v) is 3.31. The van der Waals surface area contributed by atoms with E-state index in [2.05, 4.69) is 4.98 Å². The van der Waals surface area contributed by atoms with Gasteiger partial charge in [0.1, 0.15) is 5.82 Å². The molecule has 2 aromatic rings. The predicted octanol–water partition coefficient (Wildman–Crippen LogP) is 3.88. The molecule has 0 aliphatic carbocycles. The second kappa shape index (κ2) is 3.66. The normalized spacial score (nSPS) is 12.8. The molecule has 5 heteroatoms. The van der Waals surface area contributed by atoms with Gasteiger partial charge in [-0.1, -0.05) is 0 Å². The van der Waals surface area contributed by atoms with Gasteiger partial charge in [-0.25, -0.2) is 4.39 Å². The fourth-order valence-corrected chi connectivity index (χ4v) is 1.44. The third kappa shape index (κ3) is 2.24. The summed E-state index contributed by atoms with van der Waals surface area (Å²) in [5.41, 5.74) is 0.912. The van der Waals surface area contributed by atoms with Crippen LogP contribution in [0.5, 0.6) is 0 Å². The van der Waals surface area contributed by atoms with Crippen molar-refractivity contribution in [1.82, 2.24) is 4.98 Å². The lowest BCUT2D eigenvalue weighted by atomic mass is 10.1. The van der Waals surface area contributed by atoms with E-state index in [0.29, 0.717) is 16.5 Å².